The molecule has 0 atom stereocenters. The molecule has 0 unspecified atom stereocenters. The lowest BCUT2D eigenvalue weighted by Crippen LogP contribution is -2.18. The zero-order chi connectivity index (χ0) is 15.1. The maximum Gasteiger partial charge on any atom is 0.0600 e. The van der Waals surface area contributed by atoms with E-state index in [0.29, 0.717) is 0 Å². The van der Waals surface area contributed by atoms with Crippen molar-refractivity contribution < 1.29 is 0 Å². The number of anilines is 1. The molecule has 3 nitrogen and oxygen atoms in total. The molecule has 112 valence electrons. The number of aryl methyl sites for hydroxylation is 1. The van der Waals surface area contributed by atoms with E-state index < -0.39 is 0 Å². The molecule has 0 saturated carbocycles. The minimum absolute atomic E-state index is 0.825. The van der Waals surface area contributed by atoms with Crippen molar-refractivity contribution in [3.05, 3.63) is 59.4 Å². The van der Waals surface area contributed by atoms with Gasteiger partial charge in [-0.05, 0) is 42.8 Å². The van der Waals surface area contributed by atoms with Gasteiger partial charge in [-0.1, -0.05) is 32.0 Å². The average Bonchev–Trinajstić information content (AvgIpc) is 2.53. The van der Waals surface area contributed by atoms with Crippen LogP contribution in [0.4, 0.5) is 5.69 Å². The Morgan fingerprint density at radius 2 is 1.71 bits per heavy atom. The average molecular weight is 283 g/mol. The molecule has 0 radical (unpaired) electrons. The van der Waals surface area contributed by atoms with Gasteiger partial charge < -0.3 is 10.2 Å². The van der Waals surface area contributed by atoms with Crippen LogP contribution in [0.15, 0.2) is 42.5 Å². The number of pyridine rings is 1. The number of hydrogen-bond acceptors (Lipinski definition) is 3. The fraction of sp³-hybridized carbons (Fsp3) is 0.389. The summed E-state index contributed by atoms with van der Waals surface area (Å²) in [4.78, 5) is 6.94. The predicted octanol–water partition coefficient (Wildman–Crippen LogP) is 3.39. The van der Waals surface area contributed by atoms with E-state index in [4.69, 9.17) is 4.98 Å². The van der Waals surface area contributed by atoms with Gasteiger partial charge in [-0.25, -0.2) is 0 Å². The van der Waals surface area contributed by atoms with E-state index in [1.807, 2.05) is 0 Å². The zero-order valence-corrected chi connectivity index (χ0v) is 13.3. The van der Waals surface area contributed by atoms with E-state index in [2.05, 4.69) is 73.6 Å². The van der Waals surface area contributed by atoms with Gasteiger partial charge >= 0.3 is 0 Å². The maximum atomic E-state index is 4.71. The van der Waals surface area contributed by atoms with Crippen molar-refractivity contribution in [1.29, 1.82) is 0 Å². The molecule has 21 heavy (non-hydrogen) atoms. The third-order valence-corrected chi connectivity index (χ3v) is 3.61. The summed E-state index contributed by atoms with van der Waals surface area (Å²) < 4.78 is 0. The van der Waals surface area contributed by atoms with Crippen molar-refractivity contribution in [3.8, 4) is 0 Å². The number of hydrogen-bond donors (Lipinski definition) is 1. The van der Waals surface area contributed by atoms with E-state index in [1.165, 1.54) is 11.3 Å². The van der Waals surface area contributed by atoms with Crippen LogP contribution in [-0.4, -0.2) is 18.6 Å². The highest BCUT2D eigenvalue weighted by Gasteiger charge is 2.04. The summed E-state index contributed by atoms with van der Waals surface area (Å²) in [6.07, 6.45) is 1.08. The van der Waals surface area contributed by atoms with E-state index in [-0.39, 0.29) is 0 Å². The molecule has 1 N–H and O–H groups in total. The molecule has 1 heterocycles. The molecule has 0 amide bonds. The highest BCUT2D eigenvalue weighted by Crippen LogP contribution is 2.16. The minimum atomic E-state index is 0.825. The molecule has 0 aliphatic heterocycles. The second-order valence-electron chi connectivity index (χ2n) is 5.28. The molecule has 0 fully saturated rings. The first-order valence-electron chi connectivity index (χ1n) is 7.68. The lowest BCUT2D eigenvalue weighted by atomic mass is 10.1. The first-order valence-corrected chi connectivity index (χ1v) is 7.68. The number of aromatic nitrogens is 1. The minimum Gasteiger partial charge on any atom is -0.369 e. The first kappa shape index (κ1) is 15.5. The van der Waals surface area contributed by atoms with Crippen LogP contribution in [0.25, 0.3) is 0 Å². The monoisotopic (exact) mass is 283 g/mol. The second kappa shape index (κ2) is 7.79. The zero-order valence-electron chi connectivity index (χ0n) is 13.3. The third-order valence-electron chi connectivity index (χ3n) is 3.61. The molecule has 2 rings (SSSR count). The van der Waals surface area contributed by atoms with Crippen LogP contribution in [0.2, 0.25) is 0 Å². The molecule has 0 saturated heterocycles. The van der Waals surface area contributed by atoms with Crippen LogP contribution in [0.5, 0.6) is 0 Å². The van der Waals surface area contributed by atoms with Crippen molar-refractivity contribution in [2.45, 2.75) is 33.4 Å². The quantitative estimate of drug-likeness (QED) is 0.844. The topological polar surface area (TPSA) is 28.2 Å². The van der Waals surface area contributed by atoms with Gasteiger partial charge in [-0.3, -0.25) is 4.98 Å². The fourth-order valence-electron chi connectivity index (χ4n) is 2.29. The summed E-state index contributed by atoms with van der Waals surface area (Å²) in [5.41, 5.74) is 4.81. The molecule has 3 heteroatoms. The van der Waals surface area contributed by atoms with Crippen LogP contribution in [0.3, 0.4) is 0 Å². The Morgan fingerprint density at radius 3 is 2.38 bits per heavy atom. The Morgan fingerprint density at radius 1 is 1.00 bits per heavy atom. The van der Waals surface area contributed by atoms with Gasteiger partial charge in [0, 0.05) is 19.3 Å². The molecule has 0 aliphatic carbocycles. The van der Waals surface area contributed by atoms with Crippen LogP contribution >= 0.6 is 0 Å². The highest BCUT2D eigenvalue weighted by atomic mass is 15.1. The van der Waals surface area contributed by atoms with Crippen LogP contribution < -0.4 is 10.2 Å². The summed E-state index contributed by atoms with van der Waals surface area (Å²) in [5.74, 6) is 0. The van der Waals surface area contributed by atoms with Crippen molar-refractivity contribution in [2.24, 2.45) is 0 Å². The lowest BCUT2D eigenvalue weighted by Gasteiger charge is -2.19. The van der Waals surface area contributed by atoms with E-state index in [0.717, 1.165) is 37.4 Å². The summed E-state index contributed by atoms with van der Waals surface area (Å²) in [7, 11) is 2.11. The Hall–Kier alpha value is -1.87. The van der Waals surface area contributed by atoms with Gasteiger partial charge in [0.15, 0.2) is 0 Å². The largest absolute Gasteiger partial charge is 0.369 e. The van der Waals surface area contributed by atoms with Gasteiger partial charge in [-0.2, -0.15) is 0 Å². The normalized spacial score (nSPS) is 10.6. The summed E-state index contributed by atoms with van der Waals surface area (Å²) in [5, 5.41) is 3.31. The van der Waals surface area contributed by atoms with Crippen molar-refractivity contribution >= 4 is 5.69 Å². The molecule has 2 aromatic rings. The fourth-order valence-corrected chi connectivity index (χ4v) is 2.29. The standard InChI is InChI=1S/C18H25N3/c1-4-15-9-11-18(12-10-15)21(3)14-17-8-6-7-16(20-17)13-19-5-2/h6-12,19H,4-5,13-14H2,1-3H3. The Labute approximate surface area is 128 Å². The van der Waals surface area contributed by atoms with Crippen molar-refractivity contribution in [3.63, 3.8) is 0 Å². The molecule has 0 bridgehead atoms. The van der Waals surface area contributed by atoms with Gasteiger partial charge in [0.25, 0.3) is 0 Å². The molecular weight excluding hydrogens is 258 g/mol. The Kier molecular flexibility index (Phi) is 5.76. The Bertz CT molecular complexity index is 549. The van der Waals surface area contributed by atoms with Crippen molar-refractivity contribution in [1.82, 2.24) is 10.3 Å². The molecule has 0 aliphatic rings. The highest BCUT2D eigenvalue weighted by molar-refractivity contribution is 5.47. The second-order valence-corrected chi connectivity index (χ2v) is 5.28. The van der Waals surface area contributed by atoms with Crippen LogP contribution in [0.1, 0.15) is 30.8 Å². The van der Waals surface area contributed by atoms with Crippen LogP contribution in [-0.2, 0) is 19.5 Å². The van der Waals surface area contributed by atoms with Gasteiger partial charge in [0.1, 0.15) is 0 Å². The number of benzene rings is 1. The van der Waals surface area contributed by atoms with Crippen molar-refractivity contribution in [2.75, 3.05) is 18.5 Å². The van der Waals surface area contributed by atoms with Gasteiger partial charge in [-0.15, -0.1) is 0 Å². The smallest absolute Gasteiger partial charge is 0.0600 e. The SMILES string of the molecule is CCNCc1cccc(CN(C)c2ccc(CC)cc2)n1. The maximum absolute atomic E-state index is 4.71. The summed E-state index contributed by atoms with van der Waals surface area (Å²) >= 11 is 0. The molecule has 1 aromatic heterocycles. The summed E-state index contributed by atoms with van der Waals surface area (Å²) in [6.45, 7) is 6.91. The van der Waals surface area contributed by atoms with E-state index in [1.54, 1.807) is 0 Å². The van der Waals surface area contributed by atoms with E-state index in [9.17, 15) is 0 Å². The summed E-state index contributed by atoms with van der Waals surface area (Å²) in [6, 6.07) is 15.0. The number of nitrogens with one attached hydrogen (secondary N) is 1. The van der Waals surface area contributed by atoms with Gasteiger partial charge in [0.05, 0.1) is 17.9 Å². The number of rotatable bonds is 7. The molecule has 0 spiro atoms. The number of nitrogens with zero attached hydrogens (tertiary/aromatic N) is 2. The predicted molar refractivity (Wildman–Crippen MR) is 89.5 cm³/mol. The Balaban J connectivity index is 2.02. The lowest BCUT2D eigenvalue weighted by molar-refractivity contribution is 0.704. The first-order chi connectivity index (χ1) is 10.2. The van der Waals surface area contributed by atoms with Gasteiger partial charge in [0.2, 0.25) is 0 Å². The molecule has 1 aromatic carbocycles. The van der Waals surface area contributed by atoms with E-state index >= 15 is 0 Å². The third kappa shape index (κ3) is 4.57. The van der Waals surface area contributed by atoms with Crippen LogP contribution in [0, 0.1) is 0 Å². The molecular formula is C18H25N3.